The fourth-order valence-corrected chi connectivity index (χ4v) is 6.08. The van der Waals surface area contributed by atoms with Gasteiger partial charge < -0.3 is 14.8 Å². The van der Waals surface area contributed by atoms with E-state index in [4.69, 9.17) is 9.47 Å². The van der Waals surface area contributed by atoms with E-state index in [-0.39, 0.29) is 22.0 Å². The van der Waals surface area contributed by atoms with E-state index >= 15 is 0 Å². The Morgan fingerprint density at radius 3 is 2.42 bits per heavy atom. The third-order valence-electron chi connectivity index (χ3n) is 6.96. The number of nitrogens with one attached hydrogen (secondary N) is 1. The maximum Gasteiger partial charge on any atom is 0.259 e. The molecule has 0 spiro atoms. The molecule has 36 heavy (non-hydrogen) atoms. The molecule has 3 aromatic carbocycles. The summed E-state index contributed by atoms with van der Waals surface area (Å²) in [7, 11) is -3.92. The van der Waals surface area contributed by atoms with Gasteiger partial charge in [0.05, 0.1) is 11.3 Å². The van der Waals surface area contributed by atoms with Gasteiger partial charge in [-0.1, -0.05) is 19.1 Å². The van der Waals surface area contributed by atoms with E-state index in [0.717, 1.165) is 29.5 Å². The van der Waals surface area contributed by atoms with Crippen LogP contribution in [0.2, 0.25) is 0 Å². The summed E-state index contributed by atoms with van der Waals surface area (Å²) in [6, 6.07) is 14.0. The normalized spacial score (nSPS) is 16.4. The summed E-state index contributed by atoms with van der Waals surface area (Å²) in [4.78, 5) is 13.1. The molecular formula is C28H30N2O5S. The van der Waals surface area contributed by atoms with Crippen LogP contribution in [0, 0.1) is 26.7 Å². The lowest BCUT2D eigenvalue weighted by molar-refractivity contribution is 0.102. The first-order chi connectivity index (χ1) is 17.1. The molecule has 1 amide bonds. The molecule has 0 saturated carbocycles. The summed E-state index contributed by atoms with van der Waals surface area (Å²) in [5.74, 6) is 1.38. The van der Waals surface area contributed by atoms with Crippen molar-refractivity contribution in [1.82, 2.24) is 4.31 Å². The molecular weight excluding hydrogens is 476 g/mol. The van der Waals surface area contributed by atoms with E-state index in [1.165, 1.54) is 16.4 Å². The van der Waals surface area contributed by atoms with Crippen molar-refractivity contribution in [3.8, 4) is 23.0 Å². The predicted molar refractivity (Wildman–Crippen MR) is 139 cm³/mol. The van der Waals surface area contributed by atoms with E-state index in [1.54, 1.807) is 12.1 Å². The zero-order valence-corrected chi connectivity index (χ0v) is 21.7. The van der Waals surface area contributed by atoms with Gasteiger partial charge in [-0.2, -0.15) is 4.31 Å². The van der Waals surface area contributed by atoms with Crippen LogP contribution in [0.3, 0.4) is 0 Å². The first-order valence-electron chi connectivity index (χ1n) is 12.1. The molecule has 1 fully saturated rings. The zero-order chi connectivity index (χ0) is 25.6. The van der Waals surface area contributed by atoms with Crippen molar-refractivity contribution >= 4 is 21.6 Å². The highest BCUT2D eigenvalue weighted by Gasteiger charge is 2.34. The van der Waals surface area contributed by atoms with Crippen molar-refractivity contribution in [2.75, 3.05) is 18.4 Å². The minimum absolute atomic E-state index is 0.0464. The van der Waals surface area contributed by atoms with Crippen molar-refractivity contribution in [3.05, 3.63) is 70.8 Å². The van der Waals surface area contributed by atoms with Gasteiger partial charge in [-0.15, -0.1) is 0 Å². The van der Waals surface area contributed by atoms with Crippen LogP contribution < -0.4 is 14.8 Å². The SMILES string of the molecule is Cc1ccc2c(c1)NC(=O)c1cc(S(=O)(=O)N3CCC(C)CC3)c(Oc3ccc(C)c(C)c3)cc1O2. The number of anilines is 1. The van der Waals surface area contributed by atoms with Gasteiger partial charge >= 0.3 is 0 Å². The highest BCUT2D eigenvalue weighted by molar-refractivity contribution is 7.89. The Morgan fingerprint density at radius 1 is 0.944 bits per heavy atom. The number of ether oxygens (including phenoxy) is 2. The van der Waals surface area contributed by atoms with Gasteiger partial charge in [0, 0.05) is 19.2 Å². The maximum atomic E-state index is 13.8. The summed E-state index contributed by atoms with van der Waals surface area (Å²) in [6.45, 7) is 8.87. The number of carbonyl (C=O) groups excluding carboxylic acids is 1. The first kappa shape index (κ1) is 24.3. The van der Waals surface area contributed by atoms with Gasteiger partial charge in [-0.3, -0.25) is 4.79 Å². The van der Waals surface area contributed by atoms with Crippen molar-refractivity contribution < 1.29 is 22.7 Å². The van der Waals surface area contributed by atoms with Gasteiger partial charge in [-0.25, -0.2) is 8.42 Å². The Bertz CT molecular complexity index is 1460. The molecule has 2 aliphatic heterocycles. The molecule has 1 saturated heterocycles. The van der Waals surface area contributed by atoms with Gasteiger partial charge in [0.1, 0.15) is 16.4 Å². The van der Waals surface area contributed by atoms with E-state index in [0.29, 0.717) is 36.2 Å². The molecule has 5 rings (SSSR count). The number of aryl methyl sites for hydroxylation is 3. The Kier molecular flexibility index (Phi) is 6.26. The number of nitrogens with zero attached hydrogens (tertiary/aromatic N) is 1. The van der Waals surface area contributed by atoms with Crippen molar-refractivity contribution in [1.29, 1.82) is 0 Å². The standard InChI is InChI=1S/C28H30N2O5S/c1-17-9-11-30(12-10-17)36(32,33)27-15-22-25(16-26(27)34-21-7-6-19(3)20(4)14-21)35-24-8-5-18(2)13-23(24)29-28(22)31/h5-8,13-17H,9-12H2,1-4H3,(H,29,31). The number of amides is 1. The van der Waals surface area contributed by atoms with Crippen molar-refractivity contribution in [2.24, 2.45) is 5.92 Å². The third kappa shape index (κ3) is 4.58. The van der Waals surface area contributed by atoms with E-state index in [9.17, 15) is 13.2 Å². The second kappa shape index (κ2) is 9.26. The lowest BCUT2D eigenvalue weighted by Crippen LogP contribution is -2.38. The van der Waals surface area contributed by atoms with Gasteiger partial charge in [0.2, 0.25) is 10.0 Å². The highest BCUT2D eigenvalue weighted by Crippen LogP contribution is 2.42. The Hall–Kier alpha value is -3.36. The van der Waals surface area contributed by atoms with Gasteiger partial charge in [-0.05, 0) is 86.6 Å². The number of hydrogen-bond acceptors (Lipinski definition) is 5. The number of piperidine rings is 1. The number of hydrogen-bond donors (Lipinski definition) is 1. The molecule has 0 aromatic heterocycles. The number of fused-ring (bicyclic) bond motifs is 2. The topological polar surface area (TPSA) is 84.9 Å². The lowest BCUT2D eigenvalue weighted by Gasteiger charge is -2.30. The number of rotatable bonds is 4. The van der Waals surface area contributed by atoms with E-state index in [2.05, 4.69) is 12.2 Å². The predicted octanol–water partition coefficient (Wildman–Crippen LogP) is 6.18. The van der Waals surface area contributed by atoms with Crippen LogP contribution in [0.5, 0.6) is 23.0 Å². The van der Waals surface area contributed by atoms with Crippen LogP contribution >= 0.6 is 0 Å². The third-order valence-corrected chi connectivity index (χ3v) is 8.88. The highest BCUT2D eigenvalue weighted by atomic mass is 32.2. The van der Waals surface area contributed by atoms with E-state index in [1.807, 2.05) is 45.0 Å². The summed E-state index contributed by atoms with van der Waals surface area (Å²) < 4.78 is 41.4. The van der Waals surface area contributed by atoms with Crippen LogP contribution in [0.1, 0.15) is 46.8 Å². The fraction of sp³-hybridized carbons (Fsp3) is 0.321. The molecule has 0 atom stereocenters. The average molecular weight is 507 g/mol. The molecule has 7 nitrogen and oxygen atoms in total. The maximum absolute atomic E-state index is 13.8. The minimum Gasteiger partial charge on any atom is -0.456 e. The Balaban J connectivity index is 1.64. The van der Waals surface area contributed by atoms with Crippen molar-refractivity contribution in [2.45, 2.75) is 45.4 Å². The molecule has 0 radical (unpaired) electrons. The molecule has 0 unspecified atom stereocenters. The van der Waals surface area contributed by atoms with Crippen LogP contribution in [0.25, 0.3) is 0 Å². The zero-order valence-electron chi connectivity index (χ0n) is 20.9. The van der Waals surface area contributed by atoms with Gasteiger partial charge in [0.25, 0.3) is 5.91 Å². The smallest absolute Gasteiger partial charge is 0.259 e. The molecule has 8 heteroatoms. The number of sulfonamides is 1. The Labute approximate surface area is 212 Å². The van der Waals surface area contributed by atoms with Crippen molar-refractivity contribution in [3.63, 3.8) is 0 Å². The van der Waals surface area contributed by atoms with Crippen LogP contribution in [0.15, 0.2) is 53.4 Å². The molecule has 2 aliphatic rings. The summed E-state index contributed by atoms with van der Waals surface area (Å²) in [5, 5.41) is 2.85. The average Bonchev–Trinajstić information content (AvgIpc) is 2.96. The van der Waals surface area contributed by atoms with Crippen LogP contribution in [0.4, 0.5) is 5.69 Å². The molecule has 0 aliphatic carbocycles. The second-order valence-corrected chi connectivity index (χ2v) is 11.7. The van der Waals surface area contributed by atoms with Crippen LogP contribution in [-0.4, -0.2) is 31.7 Å². The largest absolute Gasteiger partial charge is 0.456 e. The minimum atomic E-state index is -3.92. The molecule has 3 aromatic rings. The summed E-state index contributed by atoms with van der Waals surface area (Å²) >= 11 is 0. The first-order valence-corrected chi connectivity index (χ1v) is 13.6. The molecule has 2 heterocycles. The molecule has 0 bridgehead atoms. The number of benzene rings is 3. The summed E-state index contributed by atoms with van der Waals surface area (Å²) in [6.07, 6.45) is 1.57. The van der Waals surface area contributed by atoms with E-state index < -0.39 is 15.9 Å². The molecule has 1 N–H and O–H groups in total. The second-order valence-electron chi connectivity index (χ2n) is 9.79. The fourth-order valence-electron chi connectivity index (χ4n) is 4.49. The van der Waals surface area contributed by atoms with Crippen LogP contribution in [-0.2, 0) is 10.0 Å². The quantitative estimate of drug-likeness (QED) is 0.457. The molecule has 188 valence electrons. The lowest BCUT2D eigenvalue weighted by atomic mass is 10.0. The monoisotopic (exact) mass is 506 g/mol. The Morgan fingerprint density at radius 2 is 1.69 bits per heavy atom. The van der Waals surface area contributed by atoms with Gasteiger partial charge in [0.15, 0.2) is 11.5 Å². The summed E-state index contributed by atoms with van der Waals surface area (Å²) in [5.41, 5.74) is 3.76. The number of carbonyl (C=O) groups is 1.